The number of nitrogens with two attached hydrogens (primary N) is 1. The maximum atomic E-state index is 11.9. The fourth-order valence-electron chi connectivity index (χ4n) is 0.889. The van der Waals surface area contributed by atoms with Gasteiger partial charge in [0.2, 0.25) is 0 Å². The summed E-state index contributed by atoms with van der Waals surface area (Å²) in [6.45, 7) is 0. The van der Waals surface area contributed by atoms with Crippen molar-refractivity contribution in [2.45, 2.75) is 18.6 Å². The highest BCUT2D eigenvalue weighted by Crippen LogP contribution is 2.26. The molecule has 0 saturated carbocycles. The summed E-state index contributed by atoms with van der Waals surface area (Å²) >= 11 is 0. The van der Waals surface area contributed by atoms with Crippen molar-refractivity contribution < 1.29 is 13.2 Å². The molecule has 2 N–H and O–H groups in total. The smallest absolute Gasteiger partial charge is 0.322 e. The van der Waals surface area contributed by atoms with Crippen LogP contribution in [0, 0.1) is 0 Å². The van der Waals surface area contributed by atoms with Crippen LogP contribution in [0.4, 0.5) is 13.2 Å². The lowest BCUT2D eigenvalue weighted by Gasteiger charge is -2.10. The van der Waals surface area contributed by atoms with Crippen molar-refractivity contribution >= 4 is 0 Å². The molecule has 0 aliphatic rings. The highest BCUT2D eigenvalue weighted by Gasteiger charge is 2.31. The van der Waals surface area contributed by atoms with Gasteiger partial charge in [-0.2, -0.15) is 13.2 Å². The first-order valence-corrected chi connectivity index (χ1v) is 3.57. The van der Waals surface area contributed by atoms with Crippen LogP contribution in [0.15, 0.2) is 6.20 Å². The summed E-state index contributed by atoms with van der Waals surface area (Å²) in [4.78, 5) is 0. The largest absolute Gasteiger partial charge is 0.390 e. The van der Waals surface area contributed by atoms with Crippen molar-refractivity contribution in [2.75, 3.05) is 0 Å². The Morgan fingerprint density at radius 2 is 2.23 bits per heavy atom. The van der Waals surface area contributed by atoms with Crippen molar-refractivity contribution in [3.8, 4) is 0 Å². The Hall–Kier alpha value is -1.11. The Kier molecular flexibility index (Phi) is 2.55. The van der Waals surface area contributed by atoms with E-state index in [2.05, 4.69) is 10.3 Å². The summed E-state index contributed by atoms with van der Waals surface area (Å²) in [5.74, 6) is 0. The van der Waals surface area contributed by atoms with E-state index >= 15 is 0 Å². The molecule has 1 aromatic heterocycles. The zero-order valence-corrected chi connectivity index (χ0v) is 6.91. The summed E-state index contributed by atoms with van der Waals surface area (Å²) in [6.07, 6.45) is -3.97. The molecular formula is C6H9F3N4. The van der Waals surface area contributed by atoms with Gasteiger partial charge >= 0.3 is 6.18 Å². The molecule has 0 bridgehead atoms. The van der Waals surface area contributed by atoms with E-state index in [1.54, 1.807) is 7.05 Å². The molecule has 0 aliphatic heterocycles. The Morgan fingerprint density at radius 3 is 2.62 bits per heavy atom. The quantitative estimate of drug-likeness (QED) is 0.756. The lowest BCUT2D eigenvalue weighted by atomic mass is 10.1. The number of nitrogens with zero attached hydrogens (tertiary/aromatic N) is 3. The Balaban J connectivity index is 2.64. The van der Waals surface area contributed by atoms with Gasteiger partial charge in [-0.3, -0.25) is 4.68 Å². The van der Waals surface area contributed by atoms with Crippen LogP contribution >= 0.6 is 0 Å². The molecular weight excluding hydrogens is 185 g/mol. The van der Waals surface area contributed by atoms with E-state index in [1.807, 2.05) is 0 Å². The van der Waals surface area contributed by atoms with E-state index in [0.717, 1.165) is 0 Å². The molecule has 7 heteroatoms. The zero-order valence-electron chi connectivity index (χ0n) is 6.91. The van der Waals surface area contributed by atoms with Crippen molar-refractivity contribution in [1.82, 2.24) is 15.0 Å². The van der Waals surface area contributed by atoms with Crippen LogP contribution in [0.3, 0.4) is 0 Å². The molecule has 0 radical (unpaired) electrons. The van der Waals surface area contributed by atoms with Crippen LogP contribution in [0.5, 0.6) is 0 Å². The summed E-state index contributed by atoms with van der Waals surface area (Å²) in [6, 6.07) is -1.13. The molecule has 1 heterocycles. The number of aromatic nitrogens is 3. The summed E-state index contributed by atoms with van der Waals surface area (Å²) < 4.78 is 36.9. The highest BCUT2D eigenvalue weighted by molar-refractivity contribution is 4.99. The maximum absolute atomic E-state index is 11.9. The van der Waals surface area contributed by atoms with Crippen LogP contribution < -0.4 is 5.73 Å². The third-order valence-corrected chi connectivity index (χ3v) is 1.45. The highest BCUT2D eigenvalue weighted by atomic mass is 19.4. The van der Waals surface area contributed by atoms with E-state index in [1.165, 1.54) is 10.9 Å². The first-order chi connectivity index (χ1) is 5.88. The van der Waals surface area contributed by atoms with E-state index in [9.17, 15) is 13.2 Å². The second kappa shape index (κ2) is 3.33. The fourth-order valence-corrected chi connectivity index (χ4v) is 0.889. The van der Waals surface area contributed by atoms with Crippen molar-refractivity contribution in [3.63, 3.8) is 0 Å². The second-order valence-electron chi connectivity index (χ2n) is 2.74. The molecule has 74 valence electrons. The van der Waals surface area contributed by atoms with Crippen LogP contribution in [-0.4, -0.2) is 21.2 Å². The van der Waals surface area contributed by atoms with E-state index in [4.69, 9.17) is 5.73 Å². The van der Waals surface area contributed by atoms with Gasteiger partial charge in [0.05, 0.1) is 18.2 Å². The number of halogens is 3. The molecule has 13 heavy (non-hydrogen) atoms. The van der Waals surface area contributed by atoms with Crippen LogP contribution in [-0.2, 0) is 7.05 Å². The minimum Gasteiger partial charge on any atom is -0.322 e. The second-order valence-corrected chi connectivity index (χ2v) is 2.74. The van der Waals surface area contributed by atoms with Gasteiger partial charge in [0.25, 0.3) is 0 Å². The van der Waals surface area contributed by atoms with Crippen molar-refractivity contribution in [1.29, 1.82) is 0 Å². The summed E-state index contributed by atoms with van der Waals surface area (Å²) in [7, 11) is 1.57. The van der Waals surface area contributed by atoms with Crippen LogP contribution in [0.2, 0.25) is 0 Å². The molecule has 0 aliphatic carbocycles. The Morgan fingerprint density at radius 1 is 1.62 bits per heavy atom. The van der Waals surface area contributed by atoms with E-state index in [-0.39, 0.29) is 5.69 Å². The standard InChI is InChI=1S/C6H9F3N4/c1-13-3-5(11-12-13)4(10)2-6(7,8)9/h3-4H,2,10H2,1H3/t4-/m0/s1. The van der Waals surface area contributed by atoms with Gasteiger partial charge < -0.3 is 5.73 Å². The number of aryl methyl sites for hydroxylation is 1. The number of alkyl halides is 3. The topological polar surface area (TPSA) is 56.7 Å². The number of hydrogen-bond donors (Lipinski definition) is 1. The fraction of sp³-hybridized carbons (Fsp3) is 0.667. The van der Waals surface area contributed by atoms with Gasteiger partial charge in [0.15, 0.2) is 0 Å². The third kappa shape index (κ3) is 3.02. The predicted molar refractivity (Wildman–Crippen MR) is 38.6 cm³/mol. The molecule has 1 atom stereocenters. The van der Waals surface area contributed by atoms with Crippen molar-refractivity contribution in [3.05, 3.63) is 11.9 Å². The zero-order chi connectivity index (χ0) is 10.1. The molecule has 0 saturated heterocycles. The van der Waals surface area contributed by atoms with Gasteiger partial charge in [0, 0.05) is 13.2 Å². The average Bonchev–Trinajstić information content (AvgIpc) is 2.31. The summed E-state index contributed by atoms with van der Waals surface area (Å²) in [5, 5.41) is 6.97. The number of hydrogen-bond acceptors (Lipinski definition) is 3. The minimum absolute atomic E-state index is 0.153. The average molecular weight is 194 g/mol. The van der Waals surface area contributed by atoms with Gasteiger partial charge in [-0.15, -0.1) is 5.10 Å². The minimum atomic E-state index is -4.27. The normalized spacial score (nSPS) is 14.5. The molecule has 0 unspecified atom stereocenters. The molecule has 4 nitrogen and oxygen atoms in total. The monoisotopic (exact) mass is 194 g/mol. The third-order valence-electron chi connectivity index (χ3n) is 1.45. The molecule has 0 aromatic carbocycles. The van der Waals surface area contributed by atoms with E-state index in [0.29, 0.717) is 0 Å². The maximum Gasteiger partial charge on any atom is 0.390 e. The van der Waals surface area contributed by atoms with Crippen LogP contribution in [0.25, 0.3) is 0 Å². The predicted octanol–water partition coefficient (Wildman–Crippen LogP) is 0.767. The molecule has 0 spiro atoms. The Labute approximate surface area is 72.5 Å². The molecule has 1 rings (SSSR count). The lowest BCUT2D eigenvalue weighted by Crippen LogP contribution is -2.20. The van der Waals surface area contributed by atoms with Gasteiger partial charge in [-0.05, 0) is 0 Å². The first-order valence-electron chi connectivity index (χ1n) is 3.57. The first kappa shape index (κ1) is 9.97. The van der Waals surface area contributed by atoms with Gasteiger partial charge in [0.1, 0.15) is 0 Å². The van der Waals surface area contributed by atoms with E-state index < -0.39 is 18.6 Å². The lowest BCUT2D eigenvalue weighted by molar-refractivity contribution is -0.138. The SMILES string of the molecule is Cn1cc([C@@H](N)CC(F)(F)F)nn1. The number of rotatable bonds is 2. The molecule has 0 amide bonds. The summed E-state index contributed by atoms with van der Waals surface area (Å²) in [5.41, 5.74) is 5.41. The molecule has 1 aromatic rings. The van der Waals surface area contributed by atoms with Gasteiger partial charge in [-0.25, -0.2) is 0 Å². The van der Waals surface area contributed by atoms with Crippen LogP contribution in [0.1, 0.15) is 18.2 Å². The van der Waals surface area contributed by atoms with Gasteiger partial charge in [-0.1, -0.05) is 5.21 Å². The molecule has 0 fully saturated rings. The Bertz CT molecular complexity index is 280. The van der Waals surface area contributed by atoms with Crippen molar-refractivity contribution in [2.24, 2.45) is 12.8 Å².